The molecular weight excluding hydrogens is 284 g/mol. The van der Waals surface area contributed by atoms with Crippen LogP contribution in [-0.2, 0) is 12.8 Å². The lowest BCUT2D eigenvalue weighted by molar-refractivity contribution is 0.765. The number of rotatable bonds is 3. The van der Waals surface area contributed by atoms with Crippen molar-refractivity contribution in [3.63, 3.8) is 0 Å². The van der Waals surface area contributed by atoms with Crippen LogP contribution in [0.3, 0.4) is 0 Å². The number of fused-ring (bicyclic) bond motifs is 1. The SMILES string of the molecule is CNC(=S)N[C@H](c1ccc2c(c1)CCC2)c1cccs1. The zero-order valence-electron chi connectivity index (χ0n) is 11.5. The van der Waals surface area contributed by atoms with E-state index in [1.54, 1.807) is 11.3 Å². The number of hydrogen-bond acceptors (Lipinski definition) is 2. The van der Waals surface area contributed by atoms with E-state index in [1.165, 1.54) is 40.8 Å². The van der Waals surface area contributed by atoms with Gasteiger partial charge in [-0.1, -0.05) is 24.3 Å². The second-order valence-electron chi connectivity index (χ2n) is 5.05. The Morgan fingerprint density at radius 3 is 2.85 bits per heavy atom. The molecule has 1 atom stereocenters. The molecule has 0 saturated heterocycles. The highest BCUT2D eigenvalue weighted by molar-refractivity contribution is 7.80. The summed E-state index contributed by atoms with van der Waals surface area (Å²) in [5.74, 6) is 0. The maximum absolute atomic E-state index is 5.29. The van der Waals surface area contributed by atoms with Crippen molar-refractivity contribution < 1.29 is 0 Å². The molecule has 4 heteroatoms. The molecule has 2 nitrogen and oxygen atoms in total. The quantitative estimate of drug-likeness (QED) is 0.850. The predicted octanol–water partition coefficient (Wildman–Crippen LogP) is 3.42. The van der Waals surface area contributed by atoms with Crippen LogP contribution in [0.4, 0.5) is 0 Å². The van der Waals surface area contributed by atoms with Crippen LogP contribution in [0.2, 0.25) is 0 Å². The van der Waals surface area contributed by atoms with Crippen LogP contribution in [-0.4, -0.2) is 12.2 Å². The second kappa shape index (κ2) is 5.94. The highest BCUT2D eigenvalue weighted by Crippen LogP contribution is 2.30. The van der Waals surface area contributed by atoms with E-state index in [1.807, 2.05) is 7.05 Å². The molecule has 0 amide bonds. The predicted molar refractivity (Wildman–Crippen MR) is 89.4 cm³/mol. The topological polar surface area (TPSA) is 24.1 Å². The van der Waals surface area contributed by atoms with Gasteiger partial charge in [-0.2, -0.15) is 0 Å². The molecule has 0 unspecified atom stereocenters. The van der Waals surface area contributed by atoms with Gasteiger partial charge >= 0.3 is 0 Å². The molecule has 1 aliphatic carbocycles. The fourth-order valence-electron chi connectivity index (χ4n) is 2.75. The average Bonchev–Trinajstić information content (AvgIpc) is 3.14. The normalized spacial score (nSPS) is 14.7. The Morgan fingerprint density at radius 1 is 1.25 bits per heavy atom. The number of hydrogen-bond donors (Lipinski definition) is 2. The smallest absolute Gasteiger partial charge is 0.166 e. The first-order chi connectivity index (χ1) is 9.78. The molecule has 2 aromatic rings. The maximum atomic E-state index is 5.29. The number of benzene rings is 1. The number of nitrogens with one attached hydrogen (secondary N) is 2. The Labute approximate surface area is 129 Å². The summed E-state index contributed by atoms with van der Waals surface area (Å²) in [6.07, 6.45) is 3.71. The van der Waals surface area contributed by atoms with Crippen LogP contribution in [0, 0.1) is 0 Å². The summed E-state index contributed by atoms with van der Waals surface area (Å²) in [7, 11) is 1.85. The minimum Gasteiger partial charge on any atom is -0.366 e. The van der Waals surface area contributed by atoms with Gasteiger partial charge in [-0.15, -0.1) is 11.3 Å². The summed E-state index contributed by atoms with van der Waals surface area (Å²) in [5.41, 5.74) is 4.31. The van der Waals surface area contributed by atoms with E-state index < -0.39 is 0 Å². The molecule has 0 spiro atoms. The van der Waals surface area contributed by atoms with E-state index in [0.29, 0.717) is 5.11 Å². The molecule has 0 saturated carbocycles. The van der Waals surface area contributed by atoms with Crippen molar-refractivity contribution in [3.05, 3.63) is 57.3 Å². The third kappa shape index (κ3) is 2.72. The zero-order valence-corrected chi connectivity index (χ0v) is 13.1. The largest absolute Gasteiger partial charge is 0.366 e. The molecule has 104 valence electrons. The van der Waals surface area contributed by atoms with Crippen LogP contribution in [0.15, 0.2) is 35.7 Å². The Kier molecular flexibility index (Phi) is 4.03. The highest BCUT2D eigenvalue weighted by Gasteiger charge is 2.19. The van der Waals surface area contributed by atoms with Gasteiger partial charge in [0.25, 0.3) is 0 Å². The molecule has 2 N–H and O–H groups in total. The van der Waals surface area contributed by atoms with E-state index in [9.17, 15) is 0 Å². The van der Waals surface area contributed by atoms with Crippen molar-refractivity contribution in [2.75, 3.05) is 7.05 Å². The van der Waals surface area contributed by atoms with Crippen LogP contribution >= 0.6 is 23.6 Å². The average molecular weight is 302 g/mol. The van der Waals surface area contributed by atoms with E-state index in [2.05, 4.69) is 46.3 Å². The van der Waals surface area contributed by atoms with Crippen molar-refractivity contribution in [1.82, 2.24) is 10.6 Å². The van der Waals surface area contributed by atoms with Gasteiger partial charge in [0, 0.05) is 11.9 Å². The van der Waals surface area contributed by atoms with Crippen molar-refractivity contribution in [2.45, 2.75) is 25.3 Å². The van der Waals surface area contributed by atoms with Gasteiger partial charge in [0.15, 0.2) is 5.11 Å². The fourth-order valence-corrected chi connectivity index (χ4v) is 3.67. The molecule has 1 aromatic heterocycles. The molecule has 0 aliphatic heterocycles. The first-order valence-electron chi connectivity index (χ1n) is 6.91. The van der Waals surface area contributed by atoms with Gasteiger partial charge in [0.2, 0.25) is 0 Å². The Morgan fingerprint density at radius 2 is 2.10 bits per heavy atom. The molecular formula is C16H18N2S2. The standard InChI is InChI=1S/C16H18N2S2/c1-17-16(19)18-15(14-6-3-9-20-14)13-8-7-11-4-2-5-12(11)10-13/h3,6-10,15H,2,4-5H2,1H3,(H2,17,18,19)/t15-/m1/s1. The zero-order chi connectivity index (χ0) is 13.9. The van der Waals surface area contributed by atoms with Gasteiger partial charge in [-0.25, -0.2) is 0 Å². The van der Waals surface area contributed by atoms with Crippen molar-refractivity contribution in [3.8, 4) is 0 Å². The summed E-state index contributed by atoms with van der Waals surface area (Å²) in [6, 6.07) is 11.2. The first kappa shape index (κ1) is 13.6. The number of aryl methyl sites for hydroxylation is 2. The first-order valence-corrected chi connectivity index (χ1v) is 8.20. The van der Waals surface area contributed by atoms with E-state index in [0.717, 1.165) is 0 Å². The fraction of sp³-hybridized carbons (Fsp3) is 0.312. The lowest BCUT2D eigenvalue weighted by atomic mass is 10.00. The van der Waals surface area contributed by atoms with Crippen LogP contribution in [0.1, 0.15) is 34.0 Å². The molecule has 0 radical (unpaired) electrons. The minimum atomic E-state index is 0.140. The minimum absolute atomic E-state index is 0.140. The summed E-state index contributed by atoms with van der Waals surface area (Å²) in [4.78, 5) is 1.29. The molecule has 1 heterocycles. The van der Waals surface area contributed by atoms with E-state index in [-0.39, 0.29) is 6.04 Å². The lowest BCUT2D eigenvalue weighted by Crippen LogP contribution is -2.35. The Balaban J connectivity index is 1.94. The van der Waals surface area contributed by atoms with Crippen molar-refractivity contribution >= 4 is 28.7 Å². The Bertz CT molecular complexity index is 605. The molecule has 3 rings (SSSR count). The van der Waals surface area contributed by atoms with Crippen LogP contribution in [0.25, 0.3) is 0 Å². The lowest BCUT2D eigenvalue weighted by Gasteiger charge is -2.20. The molecule has 1 aliphatic rings. The van der Waals surface area contributed by atoms with E-state index in [4.69, 9.17) is 12.2 Å². The van der Waals surface area contributed by atoms with E-state index >= 15 is 0 Å². The highest BCUT2D eigenvalue weighted by atomic mass is 32.1. The molecule has 1 aromatic carbocycles. The van der Waals surface area contributed by atoms with Crippen LogP contribution in [0.5, 0.6) is 0 Å². The number of thiocarbonyl (C=S) groups is 1. The summed E-state index contributed by atoms with van der Waals surface area (Å²) in [5, 5.41) is 9.21. The van der Waals surface area contributed by atoms with Crippen molar-refractivity contribution in [1.29, 1.82) is 0 Å². The third-order valence-corrected chi connectivity index (χ3v) is 5.05. The van der Waals surface area contributed by atoms with Crippen LogP contribution < -0.4 is 10.6 Å². The van der Waals surface area contributed by atoms with Gasteiger partial charge < -0.3 is 10.6 Å². The Hall–Kier alpha value is -1.39. The van der Waals surface area contributed by atoms with Gasteiger partial charge in [0.1, 0.15) is 0 Å². The second-order valence-corrected chi connectivity index (χ2v) is 6.44. The summed E-state index contributed by atoms with van der Waals surface area (Å²) >= 11 is 7.05. The van der Waals surface area contributed by atoms with Gasteiger partial charge in [-0.05, 0) is 59.6 Å². The summed E-state index contributed by atoms with van der Waals surface area (Å²) in [6.45, 7) is 0. The molecule has 0 bridgehead atoms. The van der Waals surface area contributed by atoms with Gasteiger partial charge in [-0.3, -0.25) is 0 Å². The molecule has 0 fully saturated rings. The number of thiophene rings is 1. The maximum Gasteiger partial charge on any atom is 0.166 e. The third-order valence-electron chi connectivity index (χ3n) is 3.79. The molecule has 20 heavy (non-hydrogen) atoms. The monoisotopic (exact) mass is 302 g/mol. The van der Waals surface area contributed by atoms with Gasteiger partial charge in [0.05, 0.1) is 6.04 Å². The van der Waals surface area contributed by atoms with Crippen molar-refractivity contribution in [2.24, 2.45) is 0 Å². The summed E-state index contributed by atoms with van der Waals surface area (Å²) < 4.78 is 0.